The normalized spacial score (nSPS) is 15.1. The molecule has 0 fully saturated rings. The Hall–Kier alpha value is -2.35. The zero-order valence-corrected chi connectivity index (χ0v) is 17.5. The van der Waals surface area contributed by atoms with Crippen LogP contribution in [-0.4, -0.2) is 24.6 Å². The minimum atomic E-state index is -0.469. The van der Waals surface area contributed by atoms with Gasteiger partial charge in [0.2, 0.25) is 5.90 Å². The third-order valence-corrected chi connectivity index (χ3v) is 4.36. The van der Waals surface area contributed by atoms with Gasteiger partial charge in [0, 0.05) is 9.13 Å². The number of aliphatic imine (C=N–C) groups is 1. The lowest BCUT2D eigenvalue weighted by molar-refractivity contribution is -0.129. The van der Waals surface area contributed by atoms with Crippen molar-refractivity contribution in [2.45, 2.75) is 26.9 Å². The Kier molecular flexibility index (Phi) is 6.15. The fourth-order valence-electron chi connectivity index (χ4n) is 2.52. The fraction of sp³-hybridized carbons (Fsp3) is 0.238. The number of cyclic esters (lactones) is 1. The number of ether oxygens (including phenoxy) is 3. The molecule has 0 spiro atoms. The molecule has 0 aliphatic carbocycles. The Morgan fingerprint density at radius 3 is 2.56 bits per heavy atom. The van der Waals surface area contributed by atoms with Gasteiger partial charge in [0.1, 0.15) is 0 Å². The third kappa shape index (κ3) is 4.88. The summed E-state index contributed by atoms with van der Waals surface area (Å²) in [5.74, 6) is 1.15. The minimum Gasteiger partial charge on any atom is -0.490 e. The van der Waals surface area contributed by atoms with Crippen molar-refractivity contribution in [3.8, 4) is 11.5 Å². The van der Waals surface area contributed by atoms with Crippen LogP contribution in [0, 0.1) is 3.57 Å². The highest BCUT2D eigenvalue weighted by molar-refractivity contribution is 14.1. The third-order valence-electron chi connectivity index (χ3n) is 3.65. The van der Waals surface area contributed by atoms with E-state index in [9.17, 15) is 4.79 Å². The molecule has 27 heavy (non-hydrogen) atoms. The van der Waals surface area contributed by atoms with E-state index in [1.54, 1.807) is 6.08 Å². The molecule has 3 rings (SSSR count). The molecule has 0 atom stereocenters. The average molecular weight is 477 g/mol. The predicted molar refractivity (Wildman–Crippen MR) is 113 cm³/mol. The van der Waals surface area contributed by atoms with Crippen LogP contribution in [-0.2, 0) is 9.53 Å². The molecule has 0 amide bonds. The SMILES string of the molecule is CCOc1cc(/C=C2/N=C(c3ccc(I)cc3)OC2=O)ccc1OC(C)C. The van der Waals surface area contributed by atoms with Crippen molar-refractivity contribution in [2.24, 2.45) is 4.99 Å². The van der Waals surface area contributed by atoms with E-state index in [0.717, 1.165) is 14.7 Å². The number of halogens is 1. The van der Waals surface area contributed by atoms with Crippen LogP contribution in [0.3, 0.4) is 0 Å². The number of nitrogens with zero attached hydrogens (tertiary/aromatic N) is 1. The second-order valence-corrected chi connectivity index (χ2v) is 7.39. The van der Waals surface area contributed by atoms with Gasteiger partial charge < -0.3 is 14.2 Å². The molecule has 0 bridgehead atoms. The Balaban J connectivity index is 1.89. The molecule has 0 radical (unpaired) electrons. The molecule has 1 heterocycles. The quantitative estimate of drug-likeness (QED) is 0.340. The van der Waals surface area contributed by atoms with Gasteiger partial charge in [-0.3, -0.25) is 0 Å². The summed E-state index contributed by atoms with van der Waals surface area (Å²) in [7, 11) is 0. The first-order chi connectivity index (χ1) is 13.0. The maximum atomic E-state index is 12.2. The predicted octanol–water partition coefficient (Wildman–Crippen LogP) is 4.82. The molecule has 6 heteroatoms. The molecule has 2 aromatic rings. The summed E-state index contributed by atoms with van der Waals surface area (Å²) in [6.45, 7) is 6.35. The molecule has 0 unspecified atom stereocenters. The Morgan fingerprint density at radius 1 is 1.15 bits per heavy atom. The maximum Gasteiger partial charge on any atom is 0.363 e. The van der Waals surface area contributed by atoms with Crippen molar-refractivity contribution in [2.75, 3.05) is 6.61 Å². The molecule has 0 saturated carbocycles. The van der Waals surface area contributed by atoms with Crippen molar-refractivity contribution < 1.29 is 19.0 Å². The number of benzene rings is 2. The van der Waals surface area contributed by atoms with Gasteiger partial charge in [-0.25, -0.2) is 9.79 Å². The van der Waals surface area contributed by atoms with Gasteiger partial charge in [-0.1, -0.05) is 6.07 Å². The van der Waals surface area contributed by atoms with E-state index in [0.29, 0.717) is 24.0 Å². The largest absolute Gasteiger partial charge is 0.490 e. The zero-order valence-electron chi connectivity index (χ0n) is 15.4. The molecular formula is C21H20INO4. The monoisotopic (exact) mass is 477 g/mol. The summed E-state index contributed by atoms with van der Waals surface area (Å²) < 4.78 is 17.8. The van der Waals surface area contributed by atoms with Crippen LogP contribution in [0.5, 0.6) is 11.5 Å². The number of rotatable bonds is 6. The summed E-state index contributed by atoms with van der Waals surface area (Å²) in [5.41, 5.74) is 1.81. The van der Waals surface area contributed by atoms with E-state index >= 15 is 0 Å². The molecule has 1 aliphatic rings. The molecule has 1 aliphatic heterocycles. The van der Waals surface area contributed by atoms with E-state index in [1.807, 2.05) is 63.2 Å². The zero-order chi connectivity index (χ0) is 19.4. The summed E-state index contributed by atoms with van der Waals surface area (Å²) in [6, 6.07) is 13.2. The highest BCUT2D eigenvalue weighted by Crippen LogP contribution is 2.31. The summed E-state index contributed by atoms with van der Waals surface area (Å²) >= 11 is 2.22. The lowest BCUT2D eigenvalue weighted by atomic mass is 10.1. The van der Waals surface area contributed by atoms with Crippen molar-refractivity contribution >= 4 is 40.5 Å². The van der Waals surface area contributed by atoms with E-state index in [-0.39, 0.29) is 11.8 Å². The lowest BCUT2D eigenvalue weighted by Gasteiger charge is -2.14. The number of hydrogen-bond donors (Lipinski definition) is 0. The van der Waals surface area contributed by atoms with Gasteiger partial charge >= 0.3 is 5.97 Å². The highest BCUT2D eigenvalue weighted by Gasteiger charge is 2.24. The van der Waals surface area contributed by atoms with Crippen molar-refractivity contribution in [3.05, 3.63) is 62.9 Å². The topological polar surface area (TPSA) is 57.1 Å². The first-order valence-corrected chi connectivity index (χ1v) is 9.76. The molecular weight excluding hydrogens is 457 g/mol. The lowest BCUT2D eigenvalue weighted by Crippen LogP contribution is -2.07. The minimum absolute atomic E-state index is 0.0410. The maximum absolute atomic E-state index is 12.2. The van der Waals surface area contributed by atoms with Gasteiger partial charge in [-0.05, 0) is 91.4 Å². The van der Waals surface area contributed by atoms with E-state index in [2.05, 4.69) is 27.6 Å². The Labute approximate surface area is 172 Å². The summed E-state index contributed by atoms with van der Waals surface area (Å²) in [5, 5.41) is 0. The van der Waals surface area contributed by atoms with Gasteiger partial charge in [0.15, 0.2) is 17.2 Å². The second-order valence-electron chi connectivity index (χ2n) is 6.15. The van der Waals surface area contributed by atoms with Crippen LogP contribution in [0.25, 0.3) is 6.08 Å². The van der Waals surface area contributed by atoms with Crippen LogP contribution >= 0.6 is 22.6 Å². The molecule has 140 valence electrons. The smallest absolute Gasteiger partial charge is 0.363 e. The molecule has 0 saturated heterocycles. The Bertz CT molecular complexity index is 901. The van der Waals surface area contributed by atoms with E-state index < -0.39 is 5.97 Å². The first kappa shape index (κ1) is 19.4. The van der Waals surface area contributed by atoms with Crippen LogP contribution in [0.2, 0.25) is 0 Å². The van der Waals surface area contributed by atoms with E-state index in [1.165, 1.54) is 0 Å². The molecule has 0 N–H and O–H groups in total. The van der Waals surface area contributed by atoms with Crippen molar-refractivity contribution in [3.63, 3.8) is 0 Å². The number of hydrogen-bond acceptors (Lipinski definition) is 5. The van der Waals surface area contributed by atoms with Crippen LogP contribution < -0.4 is 9.47 Å². The molecule has 2 aromatic carbocycles. The van der Waals surface area contributed by atoms with Crippen molar-refractivity contribution in [1.29, 1.82) is 0 Å². The molecule has 5 nitrogen and oxygen atoms in total. The van der Waals surface area contributed by atoms with Gasteiger partial charge in [-0.15, -0.1) is 0 Å². The second kappa shape index (κ2) is 8.56. The van der Waals surface area contributed by atoms with Gasteiger partial charge in [0.05, 0.1) is 12.7 Å². The van der Waals surface area contributed by atoms with Crippen LogP contribution in [0.15, 0.2) is 53.2 Å². The van der Waals surface area contributed by atoms with E-state index in [4.69, 9.17) is 14.2 Å². The average Bonchev–Trinajstić information content (AvgIpc) is 2.98. The first-order valence-electron chi connectivity index (χ1n) is 8.68. The summed E-state index contributed by atoms with van der Waals surface area (Å²) in [4.78, 5) is 16.5. The van der Waals surface area contributed by atoms with Gasteiger partial charge in [-0.2, -0.15) is 0 Å². The Morgan fingerprint density at radius 2 is 1.89 bits per heavy atom. The van der Waals surface area contributed by atoms with Gasteiger partial charge in [0.25, 0.3) is 0 Å². The summed E-state index contributed by atoms with van der Waals surface area (Å²) in [6.07, 6.45) is 1.73. The molecule has 0 aromatic heterocycles. The fourth-order valence-corrected chi connectivity index (χ4v) is 2.88. The standard InChI is InChI=1S/C21H20INO4/c1-4-25-19-12-14(5-10-18(19)26-13(2)3)11-17-21(24)27-20(23-17)15-6-8-16(22)9-7-15/h5-13H,4H2,1-3H3/b17-11+. The van der Waals surface area contributed by atoms with Crippen LogP contribution in [0.4, 0.5) is 0 Å². The number of carbonyl (C=O) groups is 1. The van der Waals surface area contributed by atoms with Crippen molar-refractivity contribution in [1.82, 2.24) is 0 Å². The number of esters is 1. The van der Waals surface area contributed by atoms with Crippen LogP contribution in [0.1, 0.15) is 31.9 Å². The highest BCUT2D eigenvalue weighted by atomic mass is 127. The number of carbonyl (C=O) groups excluding carboxylic acids is 1.